The highest BCUT2D eigenvalue weighted by molar-refractivity contribution is 5.92. The molecule has 0 saturated heterocycles. The molecular formula is C25H25NO3. The van der Waals surface area contributed by atoms with E-state index in [1.54, 1.807) is 6.92 Å². The number of anilines is 1. The maximum Gasteiger partial charge on any atom is 0.262 e. The number of carbonyl (C=O) groups is 2. The lowest BCUT2D eigenvalue weighted by Crippen LogP contribution is -2.21. The van der Waals surface area contributed by atoms with Gasteiger partial charge in [-0.15, -0.1) is 0 Å². The number of nitrogens with one attached hydrogen (secondary N) is 1. The average molecular weight is 387 g/mol. The second-order valence-electron chi connectivity index (χ2n) is 7.00. The molecule has 3 aromatic rings. The van der Waals surface area contributed by atoms with Crippen LogP contribution in [0.4, 0.5) is 5.69 Å². The molecule has 3 aromatic carbocycles. The summed E-state index contributed by atoms with van der Waals surface area (Å²) in [5.74, 6) is 0.602. The third kappa shape index (κ3) is 6.61. The maximum atomic E-state index is 12.4. The molecule has 4 nitrogen and oxygen atoms in total. The van der Waals surface area contributed by atoms with E-state index in [1.807, 2.05) is 66.7 Å². The maximum absolute atomic E-state index is 12.4. The highest BCUT2D eigenvalue weighted by atomic mass is 16.5. The second-order valence-corrected chi connectivity index (χ2v) is 7.00. The van der Waals surface area contributed by atoms with Crippen molar-refractivity contribution in [2.45, 2.75) is 26.2 Å². The smallest absolute Gasteiger partial charge is 0.262 e. The number of carbonyl (C=O) groups excluding carboxylic acids is 2. The Kier molecular flexibility index (Phi) is 7.17. The van der Waals surface area contributed by atoms with Crippen LogP contribution in [0.2, 0.25) is 0 Å². The van der Waals surface area contributed by atoms with Crippen LogP contribution in [0.25, 0.3) is 0 Å². The van der Waals surface area contributed by atoms with Crippen molar-refractivity contribution in [1.29, 1.82) is 0 Å². The summed E-state index contributed by atoms with van der Waals surface area (Å²) in [6, 6.07) is 25.4. The van der Waals surface area contributed by atoms with Crippen molar-refractivity contribution in [3.8, 4) is 5.75 Å². The zero-order chi connectivity index (χ0) is 20.5. The molecule has 29 heavy (non-hydrogen) atoms. The van der Waals surface area contributed by atoms with Crippen LogP contribution in [0.15, 0.2) is 78.9 Å². The van der Waals surface area contributed by atoms with Gasteiger partial charge in [0.1, 0.15) is 11.5 Å². The van der Waals surface area contributed by atoms with Crippen LogP contribution in [0.1, 0.15) is 30.0 Å². The van der Waals surface area contributed by atoms with Gasteiger partial charge in [-0.1, -0.05) is 60.7 Å². The molecule has 0 aromatic heterocycles. The lowest BCUT2D eigenvalue weighted by molar-refractivity contribution is -0.118. The lowest BCUT2D eigenvalue weighted by Gasteiger charge is -2.12. The molecule has 0 atom stereocenters. The molecule has 0 heterocycles. The minimum Gasteiger partial charge on any atom is -0.484 e. The fraction of sp³-hybridized carbons (Fsp3) is 0.200. The molecule has 0 aliphatic heterocycles. The largest absolute Gasteiger partial charge is 0.484 e. The van der Waals surface area contributed by atoms with Gasteiger partial charge in [0.2, 0.25) is 0 Å². The SMILES string of the molecule is CC(=O)CCc1ccc(OCC(=O)Nc2ccccc2Cc2ccccc2)cc1. The Morgan fingerprint density at radius 2 is 1.52 bits per heavy atom. The van der Waals surface area contributed by atoms with Gasteiger partial charge in [0, 0.05) is 12.1 Å². The van der Waals surface area contributed by atoms with E-state index in [4.69, 9.17) is 4.74 Å². The third-order valence-electron chi connectivity index (χ3n) is 4.59. The second kappa shape index (κ2) is 10.2. The molecule has 0 fully saturated rings. The Morgan fingerprint density at radius 1 is 0.828 bits per heavy atom. The van der Waals surface area contributed by atoms with Crippen molar-refractivity contribution in [1.82, 2.24) is 0 Å². The van der Waals surface area contributed by atoms with Crippen molar-refractivity contribution in [2.24, 2.45) is 0 Å². The molecule has 1 amide bonds. The van der Waals surface area contributed by atoms with Crippen LogP contribution in [0.5, 0.6) is 5.75 Å². The highest BCUT2D eigenvalue weighted by Crippen LogP contribution is 2.19. The number of benzene rings is 3. The molecule has 0 spiro atoms. The Bertz CT molecular complexity index is 949. The van der Waals surface area contributed by atoms with Gasteiger partial charge in [0.05, 0.1) is 0 Å². The van der Waals surface area contributed by atoms with Crippen LogP contribution in [0.3, 0.4) is 0 Å². The minimum atomic E-state index is -0.203. The van der Waals surface area contributed by atoms with Gasteiger partial charge >= 0.3 is 0 Å². The monoisotopic (exact) mass is 387 g/mol. The van der Waals surface area contributed by atoms with E-state index in [2.05, 4.69) is 17.4 Å². The predicted octanol–water partition coefficient (Wildman–Crippen LogP) is 4.82. The summed E-state index contributed by atoms with van der Waals surface area (Å²) in [5.41, 5.74) is 4.12. The Morgan fingerprint density at radius 3 is 2.24 bits per heavy atom. The van der Waals surface area contributed by atoms with Crippen molar-refractivity contribution in [3.63, 3.8) is 0 Å². The number of para-hydroxylation sites is 1. The normalized spacial score (nSPS) is 10.4. The summed E-state index contributed by atoms with van der Waals surface area (Å²) in [5, 5.41) is 2.94. The van der Waals surface area contributed by atoms with Crippen LogP contribution < -0.4 is 10.1 Å². The third-order valence-corrected chi connectivity index (χ3v) is 4.59. The summed E-state index contributed by atoms with van der Waals surface area (Å²) < 4.78 is 5.60. The van der Waals surface area contributed by atoms with Crippen molar-refractivity contribution < 1.29 is 14.3 Å². The first kappa shape index (κ1) is 20.3. The minimum absolute atomic E-state index is 0.0630. The quantitative estimate of drug-likeness (QED) is 0.573. The fourth-order valence-electron chi connectivity index (χ4n) is 3.02. The van der Waals surface area contributed by atoms with Crippen molar-refractivity contribution >= 4 is 17.4 Å². The van der Waals surface area contributed by atoms with Crippen LogP contribution in [-0.4, -0.2) is 18.3 Å². The van der Waals surface area contributed by atoms with Gasteiger partial charge < -0.3 is 14.8 Å². The molecule has 4 heteroatoms. The first-order chi connectivity index (χ1) is 14.1. The van der Waals surface area contributed by atoms with E-state index >= 15 is 0 Å². The van der Waals surface area contributed by atoms with Crippen molar-refractivity contribution in [3.05, 3.63) is 95.6 Å². The average Bonchev–Trinajstić information content (AvgIpc) is 2.73. The number of ether oxygens (including phenoxy) is 1. The lowest BCUT2D eigenvalue weighted by atomic mass is 10.0. The molecule has 0 aliphatic rings. The van der Waals surface area contributed by atoms with Gasteiger partial charge in [-0.05, 0) is 54.7 Å². The zero-order valence-electron chi connectivity index (χ0n) is 16.6. The van der Waals surface area contributed by atoms with Crippen LogP contribution in [0, 0.1) is 0 Å². The Balaban J connectivity index is 1.54. The van der Waals surface area contributed by atoms with Gasteiger partial charge in [-0.3, -0.25) is 4.79 Å². The molecular weight excluding hydrogens is 362 g/mol. The summed E-state index contributed by atoms with van der Waals surface area (Å²) in [4.78, 5) is 23.4. The van der Waals surface area contributed by atoms with Gasteiger partial charge in [0.25, 0.3) is 5.91 Å². The molecule has 148 valence electrons. The van der Waals surface area contributed by atoms with Crippen LogP contribution in [-0.2, 0) is 22.4 Å². The van der Waals surface area contributed by atoms with E-state index in [9.17, 15) is 9.59 Å². The number of aryl methyl sites for hydroxylation is 1. The molecule has 0 aliphatic carbocycles. The van der Waals surface area contributed by atoms with Gasteiger partial charge in [-0.2, -0.15) is 0 Å². The fourth-order valence-corrected chi connectivity index (χ4v) is 3.02. The van der Waals surface area contributed by atoms with E-state index in [1.165, 1.54) is 5.56 Å². The summed E-state index contributed by atoms with van der Waals surface area (Å²) >= 11 is 0. The summed E-state index contributed by atoms with van der Waals surface area (Å²) in [6.07, 6.45) is 2.00. The van der Waals surface area contributed by atoms with E-state index in [-0.39, 0.29) is 18.3 Å². The molecule has 1 N–H and O–H groups in total. The number of Topliss-reactive ketones (excluding diaryl/α,β-unsaturated/α-hetero) is 1. The molecule has 0 unspecified atom stereocenters. The first-order valence-corrected chi connectivity index (χ1v) is 9.73. The van der Waals surface area contributed by atoms with E-state index < -0.39 is 0 Å². The van der Waals surface area contributed by atoms with Crippen LogP contribution >= 0.6 is 0 Å². The van der Waals surface area contributed by atoms with Gasteiger partial charge in [0.15, 0.2) is 6.61 Å². The number of ketones is 1. The van der Waals surface area contributed by atoms with Crippen molar-refractivity contribution in [2.75, 3.05) is 11.9 Å². The number of rotatable bonds is 9. The topological polar surface area (TPSA) is 55.4 Å². The Hall–Kier alpha value is -3.40. The Labute approximate surface area is 171 Å². The molecule has 0 saturated carbocycles. The summed E-state index contributed by atoms with van der Waals surface area (Å²) in [7, 11) is 0. The van der Waals surface area contributed by atoms with Gasteiger partial charge in [-0.25, -0.2) is 0 Å². The predicted molar refractivity (Wildman–Crippen MR) is 115 cm³/mol. The standard InChI is InChI=1S/C25H25NO3/c1-19(27)11-12-20-13-15-23(16-14-20)29-18-25(28)26-24-10-6-5-9-22(24)17-21-7-3-2-4-8-21/h2-10,13-16H,11-12,17-18H2,1H3,(H,26,28). The molecule has 0 bridgehead atoms. The van der Waals surface area contributed by atoms with E-state index in [0.717, 1.165) is 23.2 Å². The molecule has 0 radical (unpaired) electrons. The number of hydrogen-bond donors (Lipinski definition) is 1. The number of hydrogen-bond acceptors (Lipinski definition) is 3. The summed E-state index contributed by atoms with van der Waals surface area (Å²) in [6.45, 7) is 1.53. The number of amides is 1. The first-order valence-electron chi connectivity index (χ1n) is 9.73. The zero-order valence-corrected chi connectivity index (χ0v) is 16.6. The van der Waals surface area contributed by atoms with E-state index in [0.29, 0.717) is 18.6 Å². The highest BCUT2D eigenvalue weighted by Gasteiger charge is 2.08. The molecule has 3 rings (SSSR count).